The molecule has 0 radical (unpaired) electrons. The first-order chi connectivity index (χ1) is 13.2. The van der Waals surface area contributed by atoms with E-state index < -0.39 is 0 Å². The Morgan fingerprint density at radius 1 is 1.22 bits per heavy atom. The lowest BCUT2D eigenvalue weighted by molar-refractivity contribution is 0.0569. The van der Waals surface area contributed by atoms with E-state index in [0.29, 0.717) is 29.4 Å². The van der Waals surface area contributed by atoms with Gasteiger partial charge < -0.3 is 9.32 Å². The highest BCUT2D eigenvalue weighted by Gasteiger charge is 2.32. The Morgan fingerprint density at radius 2 is 2.07 bits per heavy atom. The minimum absolute atomic E-state index is 0.0881. The second kappa shape index (κ2) is 7.88. The van der Waals surface area contributed by atoms with Crippen molar-refractivity contribution in [3.63, 3.8) is 0 Å². The summed E-state index contributed by atoms with van der Waals surface area (Å²) >= 11 is 6.05. The molecule has 138 valence electrons. The normalized spacial score (nSPS) is 17.1. The number of amides is 1. The largest absolute Gasteiger partial charge is 0.443 e. The van der Waals surface area contributed by atoms with Crippen LogP contribution in [0, 0.1) is 0 Å². The number of oxazole rings is 1. The number of halogens is 1. The topological polar surface area (TPSA) is 72.1 Å². The average Bonchev–Trinajstić information content (AvgIpc) is 3.16. The molecule has 1 fully saturated rings. The molecule has 0 aliphatic carbocycles. The summed E-state index contributed by atoms with van der Waals surface area (Å²) in [7, 11) is 0. The first-order valence-electron chi connectivity index (χ1n) is 8.96. The van der Waals surface area contributed by atoms with Gasteiger partial charge in [0, 0.05) is 30.4 Å². The van der Waals surface area contributed by atoms with Crippen molar-refractivity contribution in [2.45, 2.75) is 31.7 Å². The molecule has 1 aliphatic rings. The van der Waals surface area contributed by atoms with Crippen molar-refractivity contribution in [2.75, 3.05) is 6.54 Å². The second-order valence-corrected chi connectivity index (χ2v) is 7.05. The number of likely N-dealkylation sites (tertiary alicyclic amines) is 1. The summed E-state index contributed by atoms with van der Waals surface area (Å²) in [6, 6.07) is 7.50. The molecular weight excluding hydrogens is 364 g/mol. The van der Waals surface area contributed by atoms with Gasteiger partial charge in [0.1, 0.15) is 18.1 Å². The van der Waals surface area contributed by atoms with Crippen molar-refractivity contribution in [2.24, 2.45) is 0 Å². The van der Waals surface area contributed by atoms with Crippen LogP contribution in [0.2, 0.25) is 5.02 Å². The van der Waals surface area contributed by atoms with Gasteiger partial charge in [-0.15, -0.1) is 0 Å². The molecular formula is C20H19ClN4O2. The van der Waals surface area contributed by atoms with Crippen LogP contribution in [-0.2, 0) is 6.42 Å². The summed E-state index contributed by atoms with van der Waals surface area (Å²) < 4.78 is 6.00. The van der Waals surface area contributed by atoms with Gasteiger partial charge in [0.15, 0.2) is 0 Å². The molecule has 1 aliphatic heterocycles. The Morgan fingerprint density at radius 3 is 2.89 bits per heavy atom. The Bertz CT molecular complexity index is 928. The van der Waals surface area contributed by atoms with Gasteiger partial charge in [-0.1, -0.05) is 23.7 Å². The summed E-state index contributed by atoms with van der Waals surface area (Å²) in [5.74, 6) is 1.25. The fourth-order valence-electron chi connectivity index (χ4n) is 3.41. The summed E-state index contributed by atoms with van der Waals surface area (Å²) in [6.07, 6.45) is 9.68. The third-order valence-electron chi connectivity index (χ3n) is 4.70. The zero-order chi connectivity index (χ0) is 18.6. The first-order valence-corrected chi connectivity index (χ1v) is 9.33. The number of hydrogen-bond acceptors (Lipinski definition) is 5. The molecule has 2 aromatic heterocycles. The van der Waals surface area contributed by atoms with E-state index in [2.05, 4.69) is 15.0 Å². The molecule has 1 saturated heterocycles. The summed E-state index contributed by atoms with van der Waals surface area (Å²) in [5, 5.41) is 0.696. The summed E-state index contributed by atoms with van der Waals surface area (Å²) in [5.41, 5.74) is 1.54. The van der Waals surface area contributed by atoms with E-state index in [4.69, 9.17) is 16.0 Å². The third kappa shape index (κ3) is 4.01. The molecule has 4 rings (SSSR count). The molecule has 0 unspecified atom stereocenters. The smallest absolute Gasteiger partial charge is 0.257 e. The number of rotatable bonds is 4. The highest BCUT2D eigenvalue weighted by atomic mass is 35.5. The van der Waals surface area contributed by atoms with E-state index in [1.54, 1.807) is 18.6 Å². The summed E-state index contributed by atoms with van der Waals surface area (Å²) in [6.45, 7) is 0.671. The van der Waals surface area contributed by atoms with E-state index in [1.165, 1.54) is 6.33 Å². The number of carbonyl (C=O) groups is 1. The van der Waals surface area contributed by atoms with Crippen molar-refractivity contribution in [1.29, 1.82) is 0 Å². The SMILES string of the molecule is O=C(c1cncnc1)N1CCCC[C@@H]1c1ncc(Cc2cccc(Cl)c2)o1. The van der Waals surface area contributed by atoms with E-state index in [9.17, 15) is 4.79 Å². The number of hydrogen-bond donors (Lipinski definition) is 0. The van der Waals surface area contributed by atoms with E-state index >= 15 is 0 Å². The zero-order valence-electron chi connectivity index (χ0n) is 14.7. The van der Waals surface area contributed by atoms with Crippen molar-refractivity contribution in [1.82, 2.24) is 19.9 Å². The van der Waals surface area contributed by atoms with Gasteiger partial charge in [-0.2, -0.15) is 0 Å². The molecule has 0 bridgehead atoms. The molecule has 0 saturated carbocycles. The molecule has 1 amide bonds. The monoisotopic (exact) mass is 382 g/mol. The van der Waals surface area contributed by atoms with Gasteiger partial charge in [0.25, 0.3) is 5.91 Å². The fourth-order valence-corrected chi connectivity index (χ4v) is 3.63. The molecule has 27 heavy (non-hydrogen) atoms. The zero-order valence-corrected chi connectivity index (χ0v) is 15.5. The molecule has 0 spiro atoms. The first kappa shape index (κ1) is 17.7. The predicted octanol–water partition coefficient (Wildman–Crippen LogP) is 4.08. The predicted molar refractivity (Wildman–Crippen MR) is 100 cm³/mol. The van der Waals surface area contributed by atoms with Crippen LogP contribution in [0.5, 0.6) is 0 Å². The van der Waals surface area contributed by atoms with E-state index in [1.807, 2.05) is 29.2 Å². The number of nitrogens with zero attached hydrogens (tertiary/aromatic N) is 4. The Labute approximate surface area is 162 Å². The Kier molecular flexibility index (Phi) is 5.16. The Hall–Kier alpha value is -2.73. The van der Waals surface area contributed by atoms with Crippen LogP contribution < -0.4 is 0 Å². The molecule has 3 aromatic rings. The van der Waals surface area contributed by atoms with Gasteiger partial charge >= 0.3 is 0 Å². The van der Waals surface area contributed by atoms with Gasteiger partial charge in [-0.25, -0.2) is 15.0 Å². The van der Waals surface area contributed by atoms with Crippen molar-refractivity contribution >= 4 is 17.5 Å². The van der Waals surface area contributed by atoms with Crippen LogP contribution in [-0.4, -0.2) is 32.3 Å². The summed E-state index contributed by atoms with van der Waals surface area (Å²) in [4.78, 5) is 27.1. The quantitative estimate of drug-likeness (QED) is 0.679. The minimum Gasteiger partial charge on any atom is -0.443 e. The Balaban J connectivity index is 1.54. The van der Waals surface area contributed by atoms with Gasteiger partial charge in [0.2, 0.25) is 5.89 Å². The van der Waals surface area contributed by atoms with Gasteiger partial charge in [0.05, 0.1) is 11.8 Å². The molecule has 6 nitrogen and oxygen atoms in total. The van der Waals surface area contributed by atoms with Crippen LogP contribution in [0.3, 0.4) is 0 Å². The lowest BCUT2D eigenvalue weighted by Crippen LogP contribution is -2.38. The van der Waals surface area contributed by atoms with E-state index in [-0.39, 0.29) is 11.9 Å². The lowest BCUT2D eigenvalue weighted by Gasteiger charge is -2.33. The molecule has 0 N–H and O–H groups in total. The van der Waals surface area contributed by atoms with Gasteiger partial charge in [-0.3, -0.25) is 4.79 Å². The molecule has 1 aromatic carbocycles. The maximum atomic E-state index is 12.9. The fraction of sp³-hybridized carbons (Fsp3) is 0.300. The highest BCUT2D eigenvalue weighted by molar-refractivity contribution is 6.30. The van der Waals surface area contributed by atoms with Crippen LogP contribution in [0.4, 0.5) is 0 Å². The standard InChI is InChI=1S/C20H19ClN4O2/c21-16-5-3-4-14(8-16)9-17-12-24-19(27-17)18-6-1-2-7-25(18)20(26)15-10-22-13-23-11-15/h3-5,8,10-13,18H,1-2,6-7,9H2/t18-/m1/s1. The van der Waals surface area contributed by atoms with Crippen molar-refractivity contribution in [3.8, 4) is 0 Å². The molecule has 3 heterocycles. The van der Waals surface area contributed by atoms with Crippen molar-refractivity contribution in [3.05, 3.63) is 77.0 Å². The van der Waals surface area contributed by atoms with Crippen LogP contribution in [0.15, 0.2) is 53.6 Å². The average molecular weight is 383 g/mol. The number of benzene rings is 1. The number of piperidine rings is 1. The second-order valence-electron chi connectivity index (χ2n) is 6.61. The lowest BCUT2D eigenvalue weighted by atomic mass is 10.0. The third-order valence-corrected chi connectivity index (χ3v) is 4.93. The van der Waals surface area contributed by atoms with Crippen LogP contribution in [0.1, 0.15) is 52.9 Å². The number of carbonyl (C=O) groups excluding carboxylic acids is 1. The van der Waals surface area contributed by atoms with Crippen LogP contribution in [0.25, 0.3) is 0 Å². The molecule has 1 atom stereocenters. The van der Waals surface area contributed by atoms with Crippen molar-refractivity contribution < 1.29 is 9.21 Å². The van der Waals surface area contributed by atoms with Gasteiger partial charge in [-0.05, 0) is 37.0 Å². The highest BCUT2D eigenvalue weighted by Crippen LogP contribution is 2.32. The maximum absolute atomic E-state index is 12.9. The minimum atomic E-state index is -0.167. The number of aromatic nitrogens is 3. The van der Waals surface area contributed by atoms with Crippen LogP contribution >= 0.6 is 11.6 Å². The van der Waals surface area contributed by atoms with E-state index in [0.717, 1.165) is 30.6 Å². The maximum Gasteiger partial charge on any atom is 0.257 e. The molecule has 7 heteroatoms.